The Morgan fingerprint density at radius 3 is 2.76 bits per heavy atom. The van der Waals surface area contributed by atoms with E-state index < -0.39 is 0 Å². The van der Waals surface area contributed by atoms with E-state index in [1.807, 2.05) is 25.2 Å². The van der Waals surface area contributed by atoms with Gasteiger partial charge in [0.25, 0.3) is 0 Å². The van der Waals surface area contributed by atoms with E-state index in [2.05, 4.69) is 17.1 Å². The lowest BCUT2D eigenvalue weighted by molar-refractivity contribution is 0.407. The van der Waals surface area contributed by atoms with Gasteiger partial charge in [-0.1, -0.05) is 30.9 Å². The van der Waals surface area contributed by atoms with E-state index >= 15 is 0 Å². The summed E-state index contributed by atoms with van der Waals surface area (Å²) in [6.07, 6.45) is 7.98. The molecule has 1 aliphatic rings. The Balaban J connectivity index is 1.90. The maximum Gasteiger partial charge on any atom is 0.122 e. The number of nitrogens with one attached hydrogen (secondary N) is 1. The van der Waals surface area contributed by atoms with Crippen LogP contribution in [0.1, 0.15) is 37.7 Å². The molecule has 1 aliphatic carbocycles. The molecule has 1 saturated carbocycles. The molecule has 1 aromatic carbocycles. The van der Waals surface area contributed by atoms with Gasteiger partial charge in [-0.05, 0) is 50.1 Å². The highest BCUT2D eigenvalue weighted by Crippen LogP contribution is 2.30. The van der Waals surface area contributed by atoms with Crippen LogP contribution >= 0.6 is 23.4 Å². The number of rotatable bonds is 7. The minimum Gasteiger partial charge on any atom is -0.496 e. The van der Waals surface area contributed by atoms with E-state index in [0.717, 1.165) is 28.2 Å². The standard InChI is InChI=1S/C17H26ClNOS/c1-19-15(12-21-16-6-4-3-5-7-16)11-13-10-14(18)8-9-17(13)20-2/h8-10,15-16,19H,3-7,11-12H2,1-2H3. The number of hydrogen-bond donors (Lipinski definition) is 1. The van der Waals surface area contributed by atoms with Crippen LogP contribution in [0.5, 0.6) is 5.75 Å². The summed E-state index contributed by atoms with van der Waals surface area (Å²) >= 11 is 8.25. The van der Waals surface area contributed by atoms with Crippen molar-refractivity contribution in [1.29, 1.82) is 0 Å². The fraction of sp³-hybridized carbons (Fsp3) is 0.647. The zero-order valence-corrected chi connectivity index (χ0v) is 14.6. The van der Waals surface area contributed by atoms with Crippen LogP contribution in [0.4, 0.5) is 0 Å². The molecule has 0 spiro atoms. The molecule has 0 bridgehead atoms. The van der Waals surface area contributed by atoms with Gasteiger partial charge < -0.3 is 10.1 Å². The third-order valence-electron chi connectivity index (χ3n) is 4.20. The molecule has 1 unspecified atom stereocenters. The number of hydrogen-bond acceptors (Lipinski definition) is 3. The molecule has 118 valence electrons. The molecular formula is C17H26ClNOS. The Labute approximate surface area is 138 Å². The summed E-state index contributed by atoms with van der Waals surface area (Å²) in [4.78, 5) is 0. The summed E-state index contributed by atoms with van der Waals surface area (Å²) < 4.78 is 5.45. The lowest BCUT2D eigenvalue weighted by Crippen LogP contribution is -2.31. The van der Waals surface area contributed by atoms with Gasteiger partial charge in [-0.25, -0.2) is 0 Å². The van der Waals surface area contributed by atoms with Crippen LogP contribution in [0.3, 0.4) is 0 Å². The highest BCUT2D eigenvalue weighted by atomic mass is 35.5. The van der Waals surface area contributed by atoms with Gasteiger partial charge in [-0.3, -0.25) is 0 Å². The lowest BCUT2D eigenvalue weighted by Gasteiger charge is -2.24. The fourth-order valence-corrected chi connectivity index (χ4v) is 4.55. The number of methoxy groups -OCH3 is 1. The molecule has 1 atom stereocenters. The summed E-state index contributed by atoms with van der Waals surface area (Å²) in [5.74, 6) is 2.08. The van der Waals surface area contributed by atoms with Crippen LogP contribution in [0.15, 0.2) is 18.2 Å². The molecule has 21 heavy (non-hydrogen) atoms. The predicted octanol–water partition coefficient (Wildman–Crippen LogP) is 4.55. The Kier molecular flexibility index (Phi) is 7.21. The smallest absolute Gasteiger partial charge is 0.122 e. The van der Waals surface area contributed by atoms with E-state index in [1.54, 1.807) is 7.11 Å². The first-order valence-corrected chi connectivity index (χ1v) is 9.27. The third-order valence-corrected chi connectivity index (χ3v) is 5.98. The van der Waals surface area contributed by atoms with Crippen molar-refractivity contribution in [3.8, 4) is 5.75 Å². The maximum absolute atomic E-state index is 6.12. The summed E-state index contributed by atoms with van der Waals surface area (Å²) in [5, 5.41) is 5.08. The first-order valence-electron chi connectivity index (χ1n) is 7.84. The Morgan fingerprint density at radius 2 is 2.10 bits per heavy atom. The molecule has 1 fully saturated rings. The molecule has 1 aromatic rings. The lowest BCUT2D eigenvalue weighted by atomic mass is 10.0. The van der Waals surface area contributed by atoms with E-state index in [4.69, 9.17) is 16.3 Å². The van der Waals surface area contributed by atoms with Crippen molar-refractivity contribution in [3.63, 3.8) is 0 Å². The fourth-order valence-electron chi connectivity index (χ4n) is 2.90. The molecule has 0 amide bonds. The van der Waals surface area contributed by atoms with Gasteiger partial charge in [0.15, 0.2) is 0 Å². The second-order valence-corrected chi connectivity index (χ2v) is 7.51. The number of thioether (sulfide) groups is 1. The maximum atomic E-state index is 6.12. The average Bonchev–Trinajstić information content (AvgIpc) is 2.52. The van der Waals surface area contributed by atoms with Crippen LogP contribution in [0, 0.1) is 0 Å². The highest BCUT2D eigenvalue weighted by Gasteiger charge is 2.17. The van der Waals surface area contributed by atoms with E-state index in [0.29, 0.717) is 6.04 Å². The Morgan fingerprint density at radius 1 is 1.33 bits per heavy atom. The van der Waals surface area contributed by atoms with Crippen LogP contribution in [0.2, 0.25) is 5.02 Å². The molecule has 0 heterocycles. The Bertz CT molecular complexity index is 435. The minimum atomic E-state index is 0.462. The van der Waals surface area contributed by atoms with Crippen LogP contribution in [0.25, 0.3) is 0 Å². The number of ether oxygens (including phenoxy) is 1. The molecule has 0 saturated heterocycles. The monoisotopic (exact) mass is 327 g/mol. The average molecular weight is 328 g/mol. The molecule has 0 radical (unpaired) electrons. The van der Waals surface area contributed by atoms with Gasteiger partial charge in [0.05, 0.1) is 7.11 Å². The zero-order chi connectivity index (χ0) is 15.1. The molecular weight excluding hydrogens is 302 g/mol. The molecule has 0 aromatic heterocycles. The van der Waals surface area contributed by atoms with Gasteiger partial charge in [0.1, 0.15) is 5.75 Å². The molecule has 2 nitrogen and oxygen atoms in total. The number of halogens is 1. The van der Waals surface area contributed by atoms with E-state index in [9.17, 15) is 0 Å². The second-order valence-electron chi connectivity index (χ2n) is 5.74. The van der Waals surface area contributed by atoms with Crippen molar-refractivity contribution in [3.05, 3.63) is 28.8 Å². The molecule has 0 aliphatic heterocycles. The van der Waals surface area contributed by atoms with Crippen molar-refractivity contribution < 1.29 is 4.74 Å². The SMILES string of the molecule is CNC(CSC1CCCCC1)Cc1cc(Cl)ccc1OC. The third kappa shape index (κ3) is 5.39. The summed E-state index contributed by atoms with van der Waals surface area (Å²) in [6.45, 7) is 0. The number of likely N-dealkylation sites (N-methyl/N-ethyl adjacent to an activating group) is 1. The van der Waals surface area contributed by atoms with Crippen molar-refractivity contribution in [2.24, 2.45) is 0 Å². The highest BCUT2D eigenvalue weighted by molar-refractivity contribution is 7.99. The molecule has 4 heteroatoms. The molecule has 1 N–H and O–H groups in total. The van der Waals surface area contributed by atoms with Crippen molar-refractivity contribution in [2.45, 2.75) is 49.8 Å². The van der Waals surface area contributed by atoms with Gasteiger partial charge >= 0.3 is 0 Å². The van der Waals surface area contributed by atoms with Crippen molar-refractivity contribution in [2.75, 3.05) is 19.9 Å². The summed E-state index contributed by atoms with van der Waals surface area (Å²) in [6, 6.07) is 6.33. The normalized spacial score (nSPS) is 17.7. The van der Waals surface area contributed by atoms with E-state index in [1.165, 1.54) is 37.7 Å². The van der Waals surface area contributed by atoms with Gasteiger partial charge in [-0.2, -0.15) is 11.8 Å². The largest absolute Gasteiger partial charge is 0.496 e. The van der Waals surface area contributed by atoms with Crippen molar-refractivity contribution in [1.82, 2.24) is 5.32 Å². The zero-order valence-electron chi connectivity index (χ0n) is 13.0. The molecule has 2 rings (SSSR count). The summed E-state index contributed by atoms with van der Waals surface area (Å²) in [7, 11) is 3.76. The van der Waals surface area contributed by atoms with Crippen LogP contribution in [-0.4, -0.2) is 31.2 Å². The predicted molar refractivity (Wildman–Crippen MR) is 93.9 cm³/mol. The summed E-state index contributed by atoms with van der Waals surface area (Å²) in [5.41, 5.74) is 1.19. The van der Waals surface area contributed by atoms with Crippen LogP contribution in [-0.2, 0) is 6.42 Å². The first kappa shape index (κ1) is 17.0. The minimum absolute atomic E-state index is 0.462. The Hall–Kier alpha value is -0.380. The quantitative estimate of drug-likeness (QED) is 0.794. The van der Waals surface area contributed by atoms with E-state index in [-0.39, 0.29) is 0 Å². The van der Waals surface area contributed by atoms with Gasteiger partial charge in [-0.15, -0.1) is 0 Å². The van der Waals surface area contributed by atoms with Crippen LogP contribution < -0.4 is 10.1 Å². The van der Waals surface area contributed by atoms with Crippen molar-refractivity contribution >= 4 is 23.4 Å². The number of benzene rings is 1. The topological polar surface area (TPSA) is 21.3 Å². The second kappa shape index (κ2) is 8.92. The van der Waals surface area contributed by atoms with Gasteiger partial charge in [0.2, 0.25) is 0 Å². The van der Waals surface area contributed by atoms with Gasteiger partial charge in [0, 0.05) is 22.1 Å². The first-order chi connectivity index (χ1) is 10.2.